The summed E-state index contributed by atoms with van der Waals surface area (Å²) < 4.78 is 6.59. The van der Waals surface area contributed by atoms with Crippen LogP contribution < -0.4 is 0 Å². The Labute approximate surface area is 213 Å². The molecule has 3 fully saturated rings. The van der Waals surface area contributed by atoms with Crippen LogP contribution >= 0.6 is 0 Å². The molecule has 0 radical (unpaired) electrons. The van der Waals surface area contributed by atoms with E-state index in [0.29, 0.717) is 22.9 Å². The number of allylic oxidation sites excluding steroid dienone is 3. The van der Waals surface area contributed by atoms with Crippen LogP contribution in [0.1, 0.15) is 106 Å². The molecule has 0 amide bonds. The third-order valence-electron chi connectivity index (χ3n) is 11.3. The van der Waals surface area contributed by atoms with Crippen LogP contribution in [0.25, 0.3) is 0 Å². The van der Waals surface area contributed by atoms with Crippen molar-refractivity contribution in [2.24, 2.45) is 46.3 Å². The zero-order valence-electron chi connectivity index (χ0n) is 24.2. The fraction of sp³-hybridized carbons (Fsp3) is 0.875. The lowest BCUT2D eigenvalue weighted by Gasteiger charge is -2.58. The molecule has 0 aromatic carbocycles. The van der Waals surface area contributed by atoms with Crippen LogP contribution in [0.3, 0.4) is 0 Å². The number of fused-ring (bicyclic) bond motifs is 5. The van der Waals surface area contributed by atoms with Crippen molar-refractivity contribution in [1.29, 1.82) is 0 Å². The molecule has 0 aliphatic heterocycles. The molecule has 0 saturated heterocycles. The van der Waals surface area contributed by atoms with Gasteiger partial charge in [0.25, 0.3) is 0 Å². The third kappa shape index (κ3) is 4.93. The molecule has 4 rings (SSSR count). The van der Waals surface area contributed by atoms with Crippen molar-refractivity contribution in [1.82, 2.24) is 0 Å². The van der Waals surface area contributed by atoms with Crippen molar-refractivity contribution in [2.75, 3.05) is 0 Å². The van der Waals surface area contributed by atoms with Crippen LogP contribution in [0.5, 0.6) is 0 Å². The fourth-order valence-corrected chi connectivity index (χ4v) is 10.8. The minimum Gasteiger partial charge on any atom is -0.414 e. The van der Waals surface area contributed by atoms with Crippen LogP contribution in [0.15, 0.2) is 23.3 Å². The van der Waals surface area contributed by atoms with Gasteiger partial charge in [-0.3, -0.25) is 0 Å². The zero-order chi connectivity index (χ0) is 24.9. The highest BCUT2D eigenvalue weighted by Gasteiger charge is 2.59. The number of rotatable bonds is 7. The minimum absolute atomic E-state index is 0.450. The predicted octanol–water partition coefficient (Wildman–Crippen LogP) is 9.80. The van der Waals surface area contributed by atoms with Gasteiger partial charge < -0.3 is 4.43 Å². The topological polar surface area (TPSA) is 9.23 Å². The van der Waals surface area contributed by atoms with Crippen LogP contribution in [0.4, 0.5) is 0 Å². The van der Waals surface area contributed by atoms with E-state index < -0.39 is 8.32 Å². The molecule has 0 bridgehead atoms. The van der Waals surface area contributed by atoms with Crippen molar-refractivity contribution in [2.45, 2.75) is 131 Å². The Balaban J connectivity index is 1.46. The quantitative estimate of drug-likeness (QED) is 0.258. The van der Waals surface area contributed by atoms with Crippen LogP contribution in [-0.4, -0.2) is 14.4 Å². The zero-order valence-corrected chi connectivity index (χ0v) is 25.2. The standard InChI is InChI=1S/C32H56OSi/c1-10-24(22(2)3)12-11-23(4)28-15-16-29-27-14-13-25-21-26(33-34(7,8)9)17-19-31(25,5)30(27)18-20-32(28,29)6/h10,13,22-23,26-30H,11-12,14-21H2,1-9H3/b24-10-/t23-,26+,27+,28-,29+,30+,31+,32-/m1/s1. The van der Waals surface area contributed by atoms with Gasteiger partial charge in [0.15, 0.2) is 8.32 Å². The molecule has 0 N–H and O–H groups in total. The molecule has 194 valence electrons. The van der Waals surface area contributed by atoms with E-state index in [1.54, 1.807) is 11.1 Å². The van der Waals surface area contributed by atoms with Gasteiger partial charge in [0.1, 0.15) is 0 Å². The molecule has 0 unspecified atom stereocenters. The fourth-order valence-electron chi connectivity index (χ4n) is 9.57. The van der Waals surface area contributed by atoms with E-state index in [0.717, 1.165) is 29.6 Å². The third-order valence-corrected chi connectivity index (χ3v) is 12.4. The molecule has 3 saturated carbocycles. The first kappa shape index (κ1) is 26.7. The number of hydrogen-bond donors (Lipinski definition) is 0. The summed E-state index contributed by atoms with van der Waals surface area (Å²) in [5.74, 6) is 5.30. The molecular weight excluding hydrogens is 428 g/mol. The molecule has 0 aromatic heterocycles. The van der Waals surface area contributed by atoms with Gasteiger partial charge in [-0.15, -0.1) is 0 Å². The van der Waals surface area contributed by atoms with E-state index in [1.165, 1.54) is 64.2 Å². The Morgan fingerprint density at radius 2 is 1.79 bits per heavy atom. The van der Waals surface area contributed by atoms with Crippen molar-refractivity contribution >= 4 is 8.32 Å². The average molecular weight is 485 g/mol. The smallest absolute Gasteiger partial charge is 0.184 e. The number of hydrogen-bond acceptors (Lipinski definition) is 1. The van der Waals surface area contributed by atoms with Crippen LogP contribution in [0, 0.1) is 46.3 Å². The largest absolute Gasteiger partial charge is 0.414 e. The van der Waals surface area contributed by atoms with E-state index in [4.69, 9.17) is 4.43 Å². The monoisotopic (exact) mass is 484 g/mol. The van der Waals surface area contributed by atoms with Gasteiger partial charge in [0.2, 0.25) is 0 Å². The van der Waals surface area contributed by atoms with Crippen molar-refractivity contribution in [3.05, 3.63) is 23.3 Å². The molecule has 4 aliphatic carbocycles. The molecule has 0 heterocycles. The van der Waals surface area contributed by atoms with Gasteiger partial charge in [-0.1, -0.05) is 57.9 Å². The maximum absolute atomic E-state index is 6.59. The first-order valence-corrected chi connectivity index (χ1v) is 18.3. The van der Waals surface area contributed by atoms with Crippen LogP contribution in [0.2, 0.25) is 19.6 Å². The summed E-state index contributed by atoms with van der Waals surface area (Å²) in [7, 11) is -1.46. The highest BCUT2D eigenvalue weighted by atomic mass is 28.4. The van der Waals surface area contributed by atoms with Gasteiger partial charge in [-0.05, 0) is 137 Å². The first-order chi connectivity index (χ1) is 15.9. The van der Waals surface area contributed by atoms with Gasteiger partial charge in [0.05, 0.1) is 0 Å². The summed E-state index contributed by atoms with van der Waals surface area (Å²) in [5.41, 5.74) is 4.48. The Hall–Kier alpha value is -0.343. The Bertz CT molecular complexity index is 787. The summed E-state index contributed by atoms with van der Waals surface area (Å²) in [6.45, 7) is 22.0. The van der Waals surface area contributed by atoms with E-state index in [9.17, 15) is 0 Å². The summed E-state index contributed by atoms with van der Waals surface area (Å²) in [5, 5.41) is 0. The molecule has 0 aromatic rings. The molecule has 8 atom stereocenters. The SMILES string of the molecule is C/C=C(/CC[C@@H](C)[C@H]1CC[C@H]2[C@@H]3CC=C4C[C@@H](O[Si](C)(C)C)CC[C@]4(C)[C@H]3CC[C@]12C)C(C)C. The van der Waals surface area contributed by atoms with Gasteiger partial charge in [-0.25, -0.2) is 0 Å². The van der Waals surface area contributed by atoms with E-state index in [1.807, 2.05) is 0 Å². The Morgan fingerprint density at radius 1 is 1.06 bits per heavy atom. The molecule has 4 aliphatic rings. The molecule has 1 nitrogen and oxygen atoms in total. The van der Waals surface area contributed by atoms with Crippen molar-refractivity contribution in [3.8, 4) is 0 Å². The molecular formula is C32H56OSi. The molecule has 2 heteroatoms. The maximum Gasteiger partial charge on any atom is 0.184 e. The highest BCUT2D eigenvalue weighted by molar-refractivity contribution is 6.69. The Kier molecular flexibility index (Phi) is 7.73. The second kappa shape index (κ2) is 9.84. The molecule has 34 heavy (non-hydrogen) atoms. The van der Waals surface area contributed by atoms with Crippen LogP contribution in [-0.2, 0) is 4.43 Å². The van der Waals surface area contributed by atoms with Gasteiger partial charge in [-0.2, -0.15) is 0 Å². The van der Waals surface area contributed by atoms with Gasteiger partial charge in [0, 0.05) is 6.10 Å². The van der Waals surface area contributed by atoms with Crippen molar-refractivity contribution < 1.29 is 4.43 Å². The van der Waals surface area contributed by atoms with Gasteiger partial charge >= 0.3 is 0 Å². The predicted molar refractivity (Wildman–Crippen MR) is 150 cm³/mol. The normalized spacial score (nSPS) is 41.5. The van der Waals surface area contributed by atoms with Crippen molar-refractivity contribution in [3.63, 3.8) is 0 Å². The first-order valence-electron chi connectivity index (χ1n) is 14.9. The lowest BCUT2D eigenvalue weighted by molar-refractivity contribution is -0.0561. The summed E-state index contributed by atoms with van der Waals surface area (Å²) in [4.78, 5) is 0. The molecule has 0 spiro atoms. The van der Waals surface area contributed by atoms with E-state index in [2.05, 4.69) is 73.3 Å². The second-order valence-electron chi connectivity index (χ2n) is 14.6. The lowest BCUT2D eigenvalue weighted by atomic mass is 9.47. The second-order valence-corrected chi connectivity index (χ2v) is 19.1. The summed E-state index contributed by atoms with van der Waals surface area (Å²) in [6.07, 6.45) is 19.4. The summed E-state index contributed by atoms with van der Waals surface area (Å²) in [6, 6.07) is 0. The average Bonchev–Trinajstić information content (AvgIpc) is 3.10. The summed E-state index contributed by atoms with van der Waals surface area (Å²) >= 11 is 0. The highest BCUT2D eigenvalue weighted by Crippen LogP contribution is 2.67. The minimum atomic E-state index is -1.46. The maximum atomic E-state index is 6.59. The Morgan fingerprint density at radius 3 is 2.44 bits per heavy atom. The van der Waals surface area contributed by atoms with E-state index in [-0.39, 0.29) is 0 Å². The van der Waals surface area contributed by atoms with E-state index >= 15 is 0 Å². The lowest BCUT2D eigenvalue weighted by Crippen LogP contribution is -2.51.